The Morgan fingerprint density at radius 3 is 2.58 bits per heavy atom. The molecule has 9 nitrogen and oxygen atoms in total. The summed E-state index contributed by atoms with van der Waals surface area (Å²) in [7, 11) is 7.03. The lowest BCUT2D eigenvalue weighted by atomic mass is 10.1. The zero-order valence-electron chi connectivity index (χ0n) is 21.1. The highest BCUT2D eigenvalue weighted by Crippen LogP contribution is 2.37. The lowest BCUT2D eigenvalue weighted by molar-refractivity contribution is 0.0505. The third kappa shape index (κ3) is 4.70. The topological polar surface area (TPSA) is 82.6 Å². The summed E-state index contributed by atoms with van der Waals surface area (Å²) in [6.45, 7) is 1.75. The minimum absolute atomic E-state index is 0.0109. The Kier molecular flexibility index (Phi) is 6.73. The highest BCUT2D eigenvalue weighted by atomic mass is 16.7. The molecule has 1 atom stereocenters. The van der Waals surface area contributed by atoms with Crippen molar-refractivity contribution in [2.75, 3.05) is 53.2 Å². The van der Waals surface area contributed by atoms with Gasteiger partial charge >= 0.3 is 0 Å². The van der Waals surface area contributed by atoms with Gasteiger partial charge in [0.05, 0.1) is 31.4 Å². The van der Waals surface area contributed by atoms with Gasteiger partial charge in [-0.05, 0) is 37.1 Å². The van der Waals surface area contributed by atoms with E-state index in [9.17, 15) is 4.79 Å². The SMILES string of the molecule is COc1ccc(C(=O)N(Cc2cc3cc4c(cc3nc2N(C)C)OCO4)C[C@H]2CCCO2)c(OC)c1. The van der Waals surface area contributed by atoms with E-state index in [1.54, 1.807) is 32.4 Å². The normalized spacial score (nSPS) is 16.3. The van der Waals surface area contributed by atoms with Crippen LogP contribution in [0.15, 0.2) is 36.4 Å². The van der Waals surface area contributed by atoms with E-state index in [1.165, 1.54) is 0 Å². The maximum atomic E-state index is 13.9. The molecule has 36 heavy (non-hydrogen) atoms. The second kappa shape index (κ2) is 10.1. The number of amides is 1. The molecule has 2 aliphatic heterocycles. The van der Waals surface area contributed by atoms with Gasteiger partial charge in [0.15, 0.2) is 11.5 Å². The first-order valence-electron chi connectivity index (χ1n) is 12.0. The summed E-state index contributed by atoms with van der Waals surface area (Å²) in [4.78, 5) is 22.6. The van der Waals surface area contributed by atoms with Crippen LogP contribution in [0.4, 0.5) is 5.82 Å². The van der Waals surface area contributed by atoms with E-state index in [2.05, 4.69) is 6.07 Å². The molecule has 1 saturated heterocycles. The molecule has 1 amide bonds. The molecule has 0 aliphatic carbocycles. The largest absolute Gasteiger partial charge is 0.497 e. The molecule has 3 aromatic rings. The van der Waals surface area contributed by atoms with Crippen LogP contribution in [0.25, 0.3) is 10.9 Å². The molecule has 2 aliphatic rings. The number of carbonyl (C=O) groups excluding carboxylic acids is 1. The van der Waals surface area contributed by atoms with Crippen LogP contribution in [-0.2, 0) is 11.3 Å². The number of nitrogens with zero attached hydrogens (tertiary/aromatic N) is 3. The minimum Gasteiger partial charge on any atom is -0.497 e. The van der Waals surface area contributed by atoms with Crippen LogP contribution in [0.1, 0.15) is 28.8 Å². The Morgan fingerprint density at radius 1 is 1.08 bits per heavy atom. The van der Waals surface area contributed by atoms with Crippen molar-refractivity contribution in [1.29, 1.82) is 0 Å². The van der Waals surface area contributed by atoms with E-state index in [4.69, 9.17) is 28.7 Å². The van der Waals surface area contributed by atoms with Crippen LogP contribution >= 0.6 is 0 Å². The van der Waals surface area contributed by atoms with Crippen LogP contribution in [0.5, 0.6) is 23.0 Å². The Bertz CT molecular complexity index is 1270. The van der Waals surface area contributed by atoms with Crippen LogP contribution in [0.2, 0.25) is 0 Å². The highest BCUT2D eigenvalue weighted by Gasteiger charge is 2.27. The number of pyridine rings is 1. The maximum absolute atomic E-state index is 13.9. The number of fused-ring (bicyclic) bond motifs is 2. The second-order valence-electron chi connectivity index (χ2n) is 9.15. The molecule has 0 bridgehead atoms. The predicted octanol–water partition coefficient (Wildman–Crippen LogP) is 3.87. The summed E-state index contributed by atoms with van der Waals surface area (Å²) in [6, 6.07) is 11.1. The van der Waals surface area contributed by atoms with Crippen molar-refractivity contribution in [3.63, 3.8) is 0 Å². The summed E-state index contributed by atoms with van der Waals surface area (Å²) in [6.07, 6.45) is 1.90. The number of methoxy groups -OCH3 is 2. The summed E-state index contributed by atoms with van der Waals surface area (Å²) in [5.41, 5.74) is 2.20. The molecule has 0 N–H and O–H groups in total. The molecule has 0 unspecified atom stereocenters. The monoisotopic (exact) mass is 493 g/mol. The summed E-state index contributed by atoms with van der Waals surface area (Å²) < 4.78 is 27.8. The Labute approximate surface area is 210 Å². The zero-order chi connectivity index (χ0) is 25.2. The minimum atomic E-state index is -0.138. The molecule has 1 fully saturated rings. The first kappa shape index (κ1) is 24.0. The van der Waals surface area contributed by atoms with Gasteiger partial charge in [-0.1, -0.05) is 0 Å². The molecule has 5 rings (SSSR count). The van der Waals surface area contributed by atoms with Crippen molar-refractivity contribution in [3.05, 3.63) is 47.5 Å². The fraction of sp³-hybridized carbons (Fsp3) is 0.407. The molecular weight excluding hydrogens is 462 g/mol. The Hall–Kier alpha value is -3.72. The number of carbonyl (C=O) groups is 1. The van der Waals surface area contributed by atoms with Crippen molar-refractivity contribution in [2.45, 2.75) is 25.5 Å². The highest BCUT2D eigenvalue weighted by molar-refractivity contribution is 5.97. The van der Waals surface area contributed by atoms with Crippen LogP contribution in [0, 0.1) is 0 Å². The van der Waals surface area contributed by atoms with Gasteiger partial charge in [0.1, 0.15) is 17.3 Å². The van der Waals surface area contributed by atoms with Crippen LogP contribution in [-0.4, -0.2) is 70.2 Å². The molecule has 2 aromatic carbocycles. The lowest BCUT2D eigenvalue weighted by Gasteiger charge is -2.28. The van der Waals surface area contributed by atoms with Gasteiger partial charge in [-0.2, -0.15) is 0 Å². The number of hydrogen-bond donors (Lipinski definition) is 0. The maximum Gasteiger partial charge on any atom is 0.258 e. The lowest BCUT2D eigenvalue weighted by Crippen LogP contribution is -2.37. The quantitative estimate of drug-likeness (QED) is 0.468. The van der Waals surface area contributed by atoms with Gasteiger partial charge in [0.25, 0.3) is 5.91 Å². The predicted molar refractivity (Wildman–Crippen MR) is 135 cm³/mol. The third-order valence-electron chi connectivity index (χ3n) is 6.52. The van der Waals surface area contributed by atoms with Gasteiger partial charge in [-0.15, -0.1) is 0 Å². The van der Waals surface area contributed by atoms with E-state index in [0.29, 0.717) is 48.3 Å². The molecule has 0 radical (unpaired) electrons. The molecule has 0 spiro atoms. The van der Waals surface area contributed by atoms with E-state index < -0.39 is 0 Å². The van der Waals surface area contributed by atoms with Gasteiger partial charge in [0, 0.05) is 56.9 Å². The zero-order valence-corrected chi connectivity index (χ0v) is 21.1. The molecule has 190 valence electrons. The van der Waals surface area contributed by atoms with Crippen LogP contribution in [0.3, 0.4) is 0 Å². The smallest absolute Gasteiger partial charge is 0.258 e. The van der Waals surface area contributed by atoms with Crippen molar-refractivity contribution < 1.29 is 28.5 Å². The average Bonchev–Trinajstić information content (AvgIpc) is 3.57. The molecule has 0 saturated carbocycles. The van der Waals surface area contributed by atoms with E-state index in [1.807, 2.05) is 36.0 Å². The van der Waals surface area contributed by atoms with Crippen molar-refractivity contribution in [2.24, 2.45) is 0 Å². The Morgan fingerprint density at radius 2 is 1.89 bits per heavy atom. The van der Waals surface area contributed by atoms with Crippen molar-refractivity contribution >= 4 is 22.6 Å². The number of benzene rings is 2. The van der Waals surface area contributed by atoms with Crippen molar-refractivity contribution in [1.82, 2.24) is 9.88 Å². The molecular formula is C27H31N3O6. The van der Waals surface area contributed by atoms with E-state index >= 15 is 0 Å². The third-order valence-corrected chi connectivity index (χ3v) is 6.52. The summed E-state index contributed by atoms with van der Waals surface area (Å²) >= 11 is 0. The van der Waals surface area contributed by atoms with Crippen LogP contribution < -0.4 is 23.8 Å². The number of anilines is 1. The Balaban J connectivity index is 1.53. The van der Waals surface area contributed by atoms with Gasteiger partial charge in [-0.25, -0.2) is 4.98 Å². The van der Waals surface area contributed by atoms with Gasteiger partial charge < -0.3 is 33.5 Å². The number of aromatic nitrogens is 1. The number of ether oxygens (including phenoxy) is 5. The number of hydrogen-bond acceptors (Lipinski definition) is 8. The first-order valence-corrected chi connectivity index (χ1v) is 12.0. The standard InChI is InChI=1S/C27H31N3O6/c1-29(2)26-18(10-17-11-24-25(36-16-35-24)13-22(17)28-26)14-30(15-20-6-5-9-34-20)27(31)21-8-7-19(32-3)12-23(21)33-4/h7-8,10-13,20H,5-6,9,14-16H2,1-4H3/t20-/m1/s1. The summed E-state index contributed by atoms with van der Waals surface area (Å²) in [5, 5.41) is 0.923. The second-order valence-corrected chi connectivity index (χ2v) is 9.15. The fourth-order valence-electron chi connectivity index (χ4n) is 4.71. The molecule has 3 heterocycles. The van der Waals surface area contributed by atoms with Gasteiger partial charge in [-0.3, -0.25) is 4.79 Å². The van der Waals surface area contributed by atoms with Gasteiger partial charge in [0.2, 0.25) is 6.79 Å². The first-order chi connectivity index (χ1) is 17.5. The fourth-order valence-corrected chi connectivity index (χ4v) is 4.71. The van der Waals surface area contributed by atoms with Crippen molar-refractivity contribution in [3.8, 4) is 23.0 Å². The van der Waals surface area contributed by atoms with E-state index in [-0.39, 0.29) is 18.8 Å². The molecule has 9 heteroatoms. The average molecular weight is 494 g/mol. The van der Waals surface area contributed by atoms with E-state index in [0.717, 1.165) is 35.1 Å². The molecule has 1 aromatic heterocycles. The summed E-state index contributed by atoms with van der Waals surface area (Å²) in [5.74, 6) is 3.13. The number of rotatable bonds is 8.